The van der Waals surface area contributed by atoms with E-state index in [4.69, 9.17) is 21.1 Å². The summed E-state index contributed by atoms with van der Waals surface area (Å²) >= 11 is 5.85. The van der Waals surface area contributed by atoms with Gasteiger partial charge in [0.15, 0.2) is 5.82 Å². The second-order valence-electron chi connectivity index (χ2n) is 9.76. The molecule has 12 nitrogen and oxygen atoms in total. The van der Waals surface area contributed by atoms with Crippen LogP contribution in [0.4, 0.5) is 0 Å². The SMILES string of the molecule is BC1(B)C(N/C(=N\NC(=O)c2cccc(OC)n2)NS(=O)(=O)[C@@H](C)[C@H](OC)c2ncc(Cl)cn2)C1(B)B. The van der Waals surface area contributed by atoms with Gasteiger partial charge in [-0.15, -0.1) is 5.10 Å². The van der Waals surface area contributed by atoms with Gasteiger partial charge in [-0.1, -0.05) is 28.1 Å². The highest BCUT2D eigenvalue weighted by atomic mass is 35.5. The second-order valence-corrected chi connectivity index (χ2v) is 12.2. The molecule has 2 aromatic rings. The first-order valence-electron chi connectivity index (χ1n) is 11.4. The minimum atomic E-state index is -4.11. The van der Waals surface area contributed by atoms with E-state index in [-0.39, 0.29) is 39.8 Å². The average Bonchev–Trinajstić information content (AvgIpc) is 3.25. The maximum absolute atomic E-state index is 13.4. The van der Waals surface area contributed by atoms with Crippen LogP contribution in [0.3, 0.4) is 0 Å². The molecule has 2 atom stereocenters. The maximum atomic E-state index is 13.4. The second kappa shape index (κ2) is 10.9. The predicted octanol–water partition coefficient (Wildman–Crippen LogP) is -3.03. The number of nitrogens with zero attached hydrogens (tertiary/aromatic N) is 4. The van der Waals surface area contributed by atoms with Crippen LogP contribution < -0.4 is 20.2 Å². The lowest BCUT2D eigenvalue weighted by molar-refractivity contribution is 0.0943. The van der Waals surface area contributed by atoms with E-state index < -0.39 is 27.3 Å². The summed E-state index contributed by atoms with van der Waals surface area (Å²) < 4.78 is 39.6. The van der Waals surface area contributed by atoms with Gasteiger partial charge >= 0.3 is 0 Å². The van der Waals surface area contributed by atoms with E-state index in [1.165, 1.54) is 39.6 Å². The fourth-order valence-corrected chi connectivity index (χ4v) is 5.18. The lowest BCUT2D eigenvalue weighted by Gasteiger charge is -2.23. The molecule has 1 aliphatic carbocycles. The molecule has 0 radical (unpaired) electrons. The lowest BCUT2D eigenvalue weighted by Crippen LogP contribution is -2.48. The Morgan fingerprint density at radius 1 is 1.16 bits per heavy atom. The van der Waals surface area contributed by atoms with Gasteiger partial charge in [0.1, 0.15) is 48.4 Å². The molecular formula is C19H28B4ClN7O5S. The van der Waals surface area contributed by atoms with Crippen molar-refractivity contribution in [3.63, 3.8) is 0 Å². The molecule has 0 spiro atoms. The van der Waals surface area contributed by atoms with Crippen molar-refractivity contribution in [3.05, 3.63) is 47.1 Å². The average molecular weight is 545 g/mol. The van der Waals surface area contributed by atoms with Gasteiger partial charge in [0.2, 0.25) is 21.9 Å². The number of carbonyl (C=O) groups is 1. The maximum Gasteiger partial charge on any atom is 0.290 e. The van der Waals surface area contributed by atoms with E-state index in [0.717, 1.165) is 0 Å². The number of hydrazone groups is 1. The Hall–Kier alpha value is -2.77. The normalized spacial score (nSPS) is 18.3. The molecule has 1 aliphatic rings. The number of ether oxygens (including phenoxy) is 2. The zero-order valence-electron chi connectivity index (χ0n) is 21.7. The van der Waals surface area contributed by atoms with Gasteiger partial charge in [0.25, 0.3) is 5.91 Å². The third-order valence-corrected chi connectivity index (χ3v) is 8.94. The van der Waals surface area contributed by atoms with Crippen molar-refractivity contribution in [1.29, 1.82) is 0 Å². The highest BCUT2D eigenvalue weighted by Crippen LogP contribution is 2.67. The highest BCUT2D eigenvalue weighted by Gasteiger charge is 2.63. The predicted molar refractivity (Wildman–Crippen MR) is 150 cm³/mol. The fraction of sp³-hybridized carbons (Fsp3) is 0.421. The number of guanidine groups is 1. The van der Waals surface area contributed by atoms with Crippen molar-refractivity contribution in [1.82, 2.24) is 30.4 Å². The molecule has 2 heterocycles. The van der Waals surface area contributed by atoms with Gasteiger partial charge in [-0.05, 0) is 13.0 Å². The van der Waals surface area contributed by atoms with Crippen LogP contribution in [0.5, 0.6) is 5.88 Å². The molecule has 2 aromatic heterocycles. The first-order chi connectivity index (χ1) is 17.2. The quantitative estimate of drug-likeness (QED) is 0.129. The summed E-state index contributed by atoms with van der Waals surface area (Å²) in [4.78, 5) is 24.9. The number of sulfonamides is 1. The van der Waals surface area contributed by atoms with Gasteiger partial charge in [-0.25, -0.2) is 28.8 Å². The molecule has 0 unspecified atom stereocenters. The number of amides is 1. The zero-order chi connectivity index (χ0) is 27.6. The summed E-state index contributed by atoms with van der Waals surface area (Å²) in [5, 5.41) is 6.03. The number of carbonyl (C=O) groups excluding carboxylic acids is 1. The molecule has 194 valence electrons. The molecule has 1 fully saturated rings. The van der Waals surface area contributed by atoms with E-state index >= 15 is 0 Å². The van der Waals surface area contributed by atoms with Crippen molar-refractivity contribution in [3.8, 4) is 5.88 Å². The number of halogens is 1. The Morgan fingerprint density at radius 3 is 2.32 bits per heavy atom. The number of pyridine rings is 1. The Labute approximate surface area is 224 Å². The monoisotopic (exact) mass is 545 g/mol. The first-order valence-corrected chi connectivity index (χ1v) is 13.3. The minimum Gasteiger partial charge on any atom is -0.481 e. The van der Waals surface area contributed by atoms with Crippen LogP contribution in [0, 0.1) is 0 Å². The van der Waals surface area contributed by atoms with Crippen molar-refractivity contribution in [2.24, 2.45) is 5.10 Å². The number of methoxy groups -OCH3 is 2. The van der Waals surface area contributed by atoms with Crippen LogP contribution in [0.2, 0.25) is 15.5 Å². The molecule has 3 N–H and O–H groups in total. The standard InChI is InChI=1S/C19H28B4ClN7O5S/c1-9(13(36-3)14-25-7-10(24)8-26-14)37(33,34)31-17(28-16-18(20,21)19(16,22)23)30-29-15(32)11-5-4-6-12(27-11)35-2/h4-9,13,16H,20-23H2,1-3H3,(H,29,32)(H2,28,30,31)/t9-,13-/m0/s1. The largest absolute Gasteiger partial charge is 0.481 e. The summed E-state index contributed by atoms with van der Waals surface area (Å²) in [5.41, 5.74) is 2.40. The molecule has 0 bridgehead atoms. The van der Waals surface area contributed by atoms with Crippen LogP contribution in [-0.2, 0) is 14.8 Å². The number of nitrogens with one attached hydrogen (secondary N) is 3. The molecule has 0 aromatic carbocycles. The highest BCUT2D eigenvalue weighted by molar-refractivity contribution is 7.90. The van der Waals surface area contributed by atoms with Crippen molar-refractivity contribution >= 4 is 64.9 Å². The van der Waals surface area contributed by atoms with Crippen molar-refractivity contribution < 1.29 is 22.7 Å². The number of aromatic nitrogens is 3. The van der Waals surface area contributed by atoms with Crippen molar-refractivity contribution in [2.75, 3.05) is 14.2 Å². The van der Waals surface area contributed by atoms with E-state index in [2.05, 4.69) is 66.9 Å². The topological polar surface area (TPSA) is 157 Å². The van der Waals surface area contributed by atoms with Crippen LogP contribution in [-0.4, -0.2) is 92.1 Å². The zero-order valence-corrected chi connectivity index (χ0v) is 23.3. The van der Waals surface area contributed by atoms with E-state index in [1.54, 1.807) is 12.1 Å². The van der Waals surface area contributed by atoms with E-state index in [0.29, 0.717) is 5.02 Å². The van der Waals surface area contributed by atoms with E-state index in [9.17, 15) is 13.2 Å². The van der Waals surface area contributed by atoms with E-state index in [1.807, 2.05) is 0 Å². The molecule has 18 heteroatoms. The summed E-state index contributed by atoms with van der Waals surface area (Å²) in [7, 11) is 6.89. The molecule has 1 amide bonds. The van der Waals surface area contributed by atoms with Gasteiger partial charge in [-0.2, -0.15) is 0 Å². The minimum absolute atomic E-state index is 0.0464. The third-order valence-electron chi connectivity index (χ3n) is 7.04. The summed E-state index contributed by atoms with van der Waals surface area (Å²) in [6.45, 7) is 1.45. The Kier molecular flexibility index (Phi) is 8.50. The number of rotatable bonds is 9. The molecule has 37 heavy (non-hydrogen) atoms. The van der Waals surface area contributed by atoms with Crippen molar-refractivity contribution in [2.45, 2.75) is 34.7 Å². The number of hydrogen-bond acceptors (Lipinski definition) is 9. The van der Waals surface area contributed by atoms with Crippen LogP contribution >= 0.6 is 11.6 Å². The summed E-state index contributed by atoms with van der Waals surface area (Å²) in [6.07, 6.45) is 1.72. The van der Waals surface area contributed by atoms with Crippen LogP contribution in [0.1, 0.15) is 29.3 Å². The first kappa shape index (κ1) is 28.8. The summed E-state index contributed by atoms with van der Waals surface area (Å²) in [5.74, 6) is -0.401. The smallest absolute Gasteiger partial charge is 0.290 e. The summed E-state index contributed by atoms with van der Waals surface area (Å²) in [6, 6.07) is 4.56. The molecule has 1 saturated carbocycles. The molecule has 3 rings (SSSR count). The fourth-order valence-electron chi connectivity index (χ4n) is 3.96. The van der Waals surface area contributed by atoms with Gasteiger partial charge < -0.3 is 14.8 Å². The van der Waals surface area contributed by atoms with Gasteiger partial charge in [0, 0.05) is 31.6 Å². The Balaban J connectivity index is 1.86. The third kappa shape index (κ3) is 6.21. The lowest BCUT2D eigenvalue weighted by atomic mass is 9.49. The van der Waals surface area contributed by atoms with Gasteiger partial charge in [0.05, 0.1) is 12.1 Å². The molecule has 0 aliphatic heterocycles. The van der Waals surface area contributed by atoms with Crippen LogP contribution in [0.15, 0.2) is 35.7 Å². The van der Waals surface area contributed by atoms with Gasteiger partial charge in [-0.3, -0.25) is 9.52 Å². The molecule has 0 saturated heterocycles. The molecular weight excluding hydrogens is 517 g/mol. The van der Waals surface area contributed by atoms with Crippen LogP contribution in [0.25, 0.3) is 0 Å². The number of hydrogen-bond donors (Lipinski definition) is 3. The Morgan fingerprint density at radius 2 is 1.78 bits per heavy atom. The Bertz CT molecular complexity index is 1270.